The van der Waals surface area contributed by atoms with Gasteiger partial charge < -0.3 is 0 Å². The predicted octanol–water partition coefficient (Wildman–Crippen LogP) is 2.83. The summed E-state index contributed by atoms with van der Waals surface area (Å²) >= 11 is 0. The van der Waals surface area contributed by atoms with Crippen LogP contribution in [0.2, 0.25) is 0 Å². The van der Waals surface area contributed by atoms with E-state index in [2.05, 4.69) is 15.0 Å². The number of hydrogen-bond acceptors (Lipinski definition) is 3. The number of aromatic nitrogens is 4. The molecular formula is C12H7F3N4. The summed E-state index contributed by atoms with van der Waals surface area (Å²) < 4.78 is 39.8. The number of fused-ring (bicyclic) bond motifs is 1. The number of benzene rings is 1. The molecule has 0 atom stereocenters. The maximum absolute atomic E-state index is 12.8. The van der Waals surface area contributed by atoms with Gasteiger partial charge in [-0.2, -0.15) is 13.2 Å². The fourth-order valence-corrected chi connectivity index (χ4v) is 1.77. The Kier molecular flexibility index (Phi) is 2.48. The van der Waals surface area contributed by atoms with E-state index in [0.29, 0.717) is 5.39 Å². The molecule has 3 aromatic rings. The number of rotatable bonds is 1. The second-order valence-electron chi connectivity index (χ2n) is 3.86. The minimum atomic E-state index is -4.58. The Bertz CT molecular complexity index is 719. The van der Waals surface area contributed by atoms with E-state index in [1.54, 1.807) is 18.2 Å². The molecule has 0 spiro atoms. The van der Waals surface area contributed by atoms with Crippen LogP contribution >= 0.6 is 0 Å². The molecule has 0 bridgehead atoms. The lowest BCUT2D eigenvalue weighted by molar-refractivity contribution is -0.144. The van der Waals surface area contributed by atoms with Crippen molar-refractivity contribution in [1.82, 2.24) is 19.5 Å². The van der Waals surface area contributed by atoms with Gasteiger partial charge in [0.2, 0.25) is 5.82 Å². The van der Waals surface area contributed by atoms with Crippen molar-refractivity contribution in [3.8, 4) is 5.82 Å². The van der Waals surface area contributed by atoms with Crippen LogP contribution in [-0.4, -0.2) is 19.5 Å². The SMILES string of the molecule is FC(F)(F)c1nc(-n2ccnc2)c2ccccc2n1. The number of hydrogen-bond donors (Lipinski definition) is 0. The van der Waals surface area contributed by atoms with Crippen LogP contribution in [-0.2, 0) is 6.18 Å². The molecule has 0 fully saturated rings. The van der Waals surface area contributed by atoms with Crippen LogP contribution in [0.1, 0.15) is 5.82 Å². The average Bonchev–Trinajstić information content (AvgIpc) is 2.90. The Hall–Kier alpha value is -2.44. The standard InChI is InChI=1S/C12H7F3N4/c13-12(14,15)11-17-9-4-2-1-3-8(9)10(18-11)19-6-5-16-7-19/h1-7H. The molecule has 0 amide bonds. The first-order valence-corrected chi connectivity index (χ1v) is 5.38. The van der Waals surface area contributed by atoms with Crippen LogP contribution in [0.15, 0.2) is 43.0 Å². The summed E-state index contributed by atoms with van der Waals surface area (Å²) in [5.41, 5.74) is 0.244. The van der Waals surface area contributed by atoms with E-state index in [4.69, 9.17) is 0 Å². The van der Waals surface area contributed by atoms with Crippen molar-refractivity contribution in [3.63, 3.8) is 0 Å². The highest BCUT2D eigenvalue weighted by atomic mass is 19.4. The van der Waals surface area contributed by atoms with Crippen LogP contribution in [0.4, 0.5) is 13.2 Å². The first kappa shape index (κ1) is 11.6. The van der Waals surface area contributed by atoms with Crippen LogP contribution in [0, 0.1) is 0 Å². The molecule has 0 aliphatic rings. The zero-order valence-corrected chi connectivity index (χ0v) is 9.46. The summed E-state index contributed by atoms with van der Waals surface area (Å²) in [6.45, 7) is 0. The minimum Gasteiger partial charge on any atom is -0.290 e. The average molecular weight is 264 g/mol. The summed E-state index contributed by atoms with van der Waals surface area (Å²) in [4.78, 5) is 11.0. The van der Waals surface area contributed by atoms with Gasteiger partial charge in [-0.05, 0) is 12.1 Å². The third kappa shape index (κ3) is 2.03. The van der Waals surface area contributed by atoms with Gasteiger partial charge in [-0.15, -0.1) is 0 Å². The van der Waals surface area contributed by atoms with Crippen LogP contribution in [0.3, 0.4) is 0 Å². The Morgan fingerprint density at radius 3 is 2.53 bits per heavy atom. The molecule has 4 nitrogen and oxygen atoms in total. The Labute approximate surface area is 105 Å². The summed E-state index contributed by atoms with van der Waals surface area (Å²) in [6, 6.07) is 6.55. The van der Waals surface area contributed by atoms with Crippen molar-refractivity contribution in [2.24, 2.45) is 0 Å². The summed E-state index contributed by atoms with van der Waals surface area (Å²) in [7, 11) is 0. The quantitative estimate of drug-likeness (QED) is 0.678. The van der Waals surface area contributed by atoms with E-state index in [1.807, 2.05) is 0 Å². The van der Waals surface area contributed by atoms with Crippen LogP contribution in [0.25, 0.3) is 16.7 Å². The van der Waals surface area contributed by atoms with Crippen molar-refractivity contribution in [2.75, 3.05) is 0 Å². The molecule has 0 saturated heterocycles. The van der Waals surface area contributed by atoms with Crippen LogP contribution < -0.4 is 0 Å². The van der Waals surface area contributed by atoms with Crippen molar-refractivity contribution in [3.05, 3.63) is 48.8 Å². The molecule has 0 aliphatic carbocycles. The Balaban J connectivity index is 2.35. The van der Waals surface area contributed by atoms with Crippen LogP contribution in [0.5, 0.6) is 0 Å². The van der Waals surface area contributed by atoms with Gasteiger partial charge in [0.15, 0.2) is 0 Å². The van der Waals surface area contributed by atoms with Crippen molar-refractivity contribution >= 4 is 10.9 Å². The molecular weight excluding hydrogens is 257 g/mol. The number of halogens is 3. The first-order valence-electron chi connectivity index (χ1n) is 5.38. The van der Waals surface area contributed by atoms with Crippen molar-refractivity contribution < 1.29 is 13.2 Å². The molecule has 3 rings (SSSR count). The molecule has 2 heterocycles. The zero-order valence-electron chi connectivity index (χ0n) is 9.46. The van der Waals surface area contributed by atoms with E-state index in [0.717, 1.165) is 0 Å². The van der Waals surface area contributed by atoms with E-state index < -0.39 is 12.0 Å². The molecule has 96 valence electrons. The van der Waals surface area contributed by atoms with Crippen molar-refractivity contribution in [2.45, 2.75) is 6.18 Å². The number of imidazole rings is 1. The summed E-state index contributed by atoms with van der Waals surface area (Å²) in [6.07, 6.45) is -0.173. The van der Waals surface area contributed by atoms with Gasteiger partial charge in [0.05, 0.1) is 5.52 Å². The fraction of sp³-hybridized carbons (Fsp3) is 0.0833. The van der Waals surface area contributed by atoms with Gasteiger partial charge in [0, 0.05) is 17.8 Å². The highest BCUT2D eigenvalue weighted by Gasteiger charge is 2.35. The molecule has 0 N–H and O–H groups in total. The largest absolute Gasteiger partial charge is 0.451 e. The van der Waals surface area contributed by atoms with E-state index in [-0.39, 0.29) is 11.3 Å². The normalized spacial score (nSPS) is 11.9. The highest BCUT2D eigenvalue weighted by Crippen LogP contribution is 2.29. The zero-order chi connectivity index (χ0) is 13.5. The molecule has 19 heavy (non-hydrogen) atoms. The summed E-state index contributed by atoms with van der Waals surface area (Å²) in [5, 5.41) is 0.536. The maximum atomic E-state index is 12.8. The van der Waals surface area contributed by atoms with Gasteiger partial charge in [-0.25, -0.2) is 15.0 Å². The third-order valence-corrected chi connectivity index (χ3v) is 2.59. The van der Waals surface area contributed by atoms with Gasteiger partial charge in [-0.3, -0.25) is 4.57 Å². The van der Waals surface area contributed by atoms with E-state index in [9.17, 15) is 13.2 Å². The van der Waals surface area contributed by atoms with Crippen molar-refractivity contribution in [1.29, 1.82) is 0 Å². The molecule has 0 aliphatic heterocycles. The number of para-hydroxylation sites is 1. The maximum Gasteiger partial charge on any atom is 0.451 e. The Morgan fingerprint density at radius 1 is 1.05 bits per heavy atom. The number of nitrogens with zero attached hydrogens (tertiary/aromatic N) is 4. The highest BCUT2D eigenvalue weighted by molar-refractivity contribution is 5.85. The molecule has 0 unspecified atom stereocenters. The monoisotopic (exact) mass is 264 g/mol. The van der Waals surface area contributed by atoms with E-state index in [1.165, 1.54) is 29.4 Å². The lowest BCUT2D eigenvalue weighted by atomic mass is 10.2. The van der Waals surface area contributed by atoms with Gasteiger partial charge in [0.25, 0.3) is 0 Å². The molecule has 1 aromatic carbocycles. The van der Waals surface area contributed by atoms with Gasteiger partial charge in [0.1, 0.15) is 12.1 Å². The second kappa shape index (κ2) is 4.04. The third-order valence-electron chi connectivity index (χ3n) is 2.59. The lowest BCUT2D eigenvalue weighted by Crippen LogP contribution is -2.13. The summed E-state index contributed by atoms with van der Waals surface area (Å²) in [5.74, 6) is -0.995. The topological polar surface area (TPSA) is 43.6 Å². The smallest absolute Gasteiger partial charge is 0.290 e. The first-order chi connectivity index (χ1) is 9.05. The predicted molar refractivity (Wildman–Crippen MR) is 61.7 cm³/mol. The number of alkyl halides is 3. The molecule has 0 radical (unpaired) electrons. The van der Waals surface area contributed by atoms with E-state index >= 15 is 0 Å². The fourth-order valence-electron chi connectivity index (χ4n) is 1.77. The second-order valence-corrected chi connectivity index (χ2v) is 3.86. The molecule has 7 heteroatoms. The molecule has 0 saturated carbocycles. The lowest BCUT2D eigenvalue weighted by Gasteiger charge is -2.10. The Morgan fingerprint density at radius 2 is 1.84 bits per heavy atom. The van der Waals surface area contributed by atoms with Gasteiger partial charge >= 0.3 is 6.18 Å². The minimum absolute atomic E-state index is 0.162. The van der Waals surface area contributed by atoms with Gasteiger partial charge in [-0.1, -0.05) is 12.1 Å². The molecule has 2 aromatic heterocycles.